The SMILES string of the molecule is CNc1cn(Cc2ccccc2F)nn1. The van der Waals surface area contributed by atoms with Crippen LogP contribution in [0.4, 0.5) is 10.2 Å². The Morgan fingerprint density at radius 2 is 2.20 bits per heavy atom. The molecule has 0 bridgehead atoms. The molecule has 1 N–H and O–H groups in total. The molecule has 0 saturated heterocycles. The van der Waals surface area contributed by atoms with Gasteiger partial charge in [-0.1, -0.05) is 23.4 Å². The van der Waals surface area contributed by atoms with E-state index in [-0.39, 0.29) is 5.82 Å². The molecule has 4 nitrogen and oxygen atoms in total. The maximum Gasteiger partial charge on any atom is 0.168 e. The molecular formula is C10H11FN4. The van der Waals surface area contributed by atoms with E-state index < -0.39 is 0 Å². The Balaban J connectivity index is 2.18. The lowest BCUT2D eigenvalue weighted by molar-refractivity contribution is 0.577. The van der Waals surface area contributed by atoms with Crippen LogP contribution in [-0.2, 0) is 6.54 Å². The highest BCUT2D eigenvalue weighted by Gasteiger charge is 2.03. The Morgan fingerprint density at radius 3 is 2.87 bits per heavy atom. The number of halogens is 1. The first-order chi connectivity index (χ1) is 7.29. The van der Waals surface area contributed by atoms with Gasteiger partial charge in [-0.15, -0.1) is 5.10 Å². The van der Waals surface area contributed by atoms with Crippen LogP contribution in [0.15, 0.2) is 30.5 Å². The van der Waals surface area contributed by atoms with Crippen molar-refractivity contribution < 1.29 is 4.39 Å². The molecule has 0 radical (unpaired) electrons. The predicted octanol–water partition coefficient (Wildman–Crippen LogP) is 1.51. The van der Waals surface area contributed by atoms with Crippen molar-refractivity contribution in [3.63, 3.8) is 0 Å². The molecule has 0 amide bonds. The molecule has 5 heteroatoms. The van der Waals surface area contributed by atoms with Crippen molar-refractivity contribution in [3.05, 3.63) is 41.8 Å². The molecule has 0 unspecified atom stereocenters. The molecule has 0 aliphatic rings. The van der Waals surface area contributed by atoms with Crippen molar-refractivity contribution in [1.82, 2.24) is 15.0 Å². The second-order valence-electron chi connectivity index (χ2n) is 3.14. The number of nitrogens with one attached hydrogen (secondary N) is 1. The molecular weight excluding hydrogens is 195 g/mol. The van der Waals surface area contributed by atoms with Crippen molar-refractivity contribution in [3.8, 4) is 0 Å². The highest BCUT2D eigenvalue weighted by Crippen LogP contribution is 2.08. The summed E-state index contributed by atoms with van der Waals surface area (Å²) in [5, 5.41) is 10.6. The molecule has 78 valence electrons. The van der Waals surface area contributed by atoms with Crippen LogP contribution >= 0.6 is 0 Å². The molecule has 2 rings (SSSR count). The van der Waals surface area contributed by atoms with Gasteiger partial charge in [0.25, 0.3) is 0 Å². The van der Waals surface area contributed by atoms with Gasteiger partial charge in [0.05, 0.1) is 12.7 Å². The largest absolute Gasteiger partial charge is 0.370 e. The summed E-state index contributed by atoms with van der Waals surface area (Å²) < 4.78 is 14.9. The second kappa shape index (κ2) is 4.08. The minimum Gasteiger partial charge on any atom is -0.370 e. The number of rotatable bonds is 3. The number of nitrogens with zero attached hydrogens (tertiary/aromatic N) is 3. The Morgan fingerprint density at radius 1 is 1.40 bits per heavy atom. The number of anilines is 1. The summed E-state index contributed by atoms with van der Waals surface area (Å²) in [6, 6.07) is 6.63. The van der Waals surface area contributed by atoms with Gasteiger partial charge in [-0.25, -0.2) is 9.07 Å². The molecule has 0 aliphatic heterocycles. The van der Waals surface area contributed by atoms with Crippen LogP contribution in [-0.4, -0.2) is 22.0 Å². The average molecular weight is 206 g/mol. The topological polar surface area (TPSA) is 42.7 Å². The van der Waals surface area contributed by atoms with E-state index >= 15 is 0 Å². The Hall–Kier alpha value is -1.91. The maximum atomic E-state index is 13.3. The highest BCUT2D eigenvalue weighted by atomic mass is 19.1. The zero-order valence-electron chi connectivity index (χ0n) is 8.31. The Labute approximate surface area is 86.7 Å². The zero-order valence-corrected chi connectivity index (χ0v) is 8.31. The lowest BCUT2D eigenvalue weighted by atomic mass is 10.2. The molecule has 15 heavy (non-hydrogen) atoms. The Bertz CT molecular complexity index is 452. The molecule has 0 fully saturated rings. The van der Waals surface area contributed by atoms with E-state index in [1.165, 1.54) is 6.07 Å². The van der Waals surface area contributed by atoms with Crippen molar-refractivity contribution in [2.75, 3.05) is 12.4 Å². The van der Waals surface area contributed by atoms with E-state index in [0.717, 1.165) is 0 Å². The van der Waals surface area contributed by atoms with E-state index in [0.29, 0.717) is 17.9 Å². The molecule has 1 aromatic heterocycles. The summed E-state index contributed by atoms with van der Waals surface area (Å²) in [7, 11) is 1.76. The molecule has 1 heterocycles. The fourth-order valence-corrected chi connectivity index (χ4v) is 1.29. The van der Waals surface area contributed by atoms with Crippen molar-refractivity contribution in [2.45, 2.75) is 6.54 Å². The van der Waals surface area contributed by atoms with E-state index in [9.17, 15) is 4.39 Å². The fourth-order valence-electron chi connectivity index (χ4n) is 1.29. The van der Waals surface area contributed by atoms with Gasteiger partial charge in [0.2, 0.25) is 0 Å². The molecule has 0 aliphatic carbocycles. The quantitative estimate of drug-likeness (QED) is 0.827. The second-order valence-corrected chi connectivity index (χ2v) is 3.14. The van der Waals surface area contributed by atoms with Crippen LogP contribution in [0.25, 0.3) is 0 Å². The highest BCUT2D eigenvalue weighted by molar-refractivity contribution is 5.28. The molecule has 0 spiro atoms. The van der Waals surface area contributed by atoms with Gasteiger partial charge < -0.3 is 5.32 Å². The van der Waals surface area contributed by atoms with E-state index in [4.69, 9.17) is 0 Å². The first-order valence-corrected chi connectivity index (χ1v) is 4.61. The fraction of sp³-hybridized carbons (Fsp3) is 0.200. The zero-order chi connectivity index (χ0) is 10.7. The number of aromatic nitrogens is 3. The van der Waals surface area contributed by atoms with Gasteiger partial charge in [-0.05, 0) is 6.07 Å². The Kier molecular flexibility index (Phi) is 2.62. The van der Waals surface area contributed by atoms with Crippen molar-refractivity contribution in [2.24, 2.45) is 0 Å². The normalized spacial score (nSPS) is 10.3. The first kappa shape index (κ1) is 9.64. The monoisotopic (exact) mass is 206 g/mol. The molecule has 0 saturated carbocycles. The van der Waals surface area contributed by atoms with Gasteiger partial charge in [-0.2, -0.15) is 0 Å². The van der Waals surface area contributed by atoms with Gasteiger partial charge in [0, 0.05) is 12.6 Å². The number of hydrogen-bond acceptors (Lipinski definition) is 3. The van der Waals surface area contributed by atoms with Crippen LogP contribution in [0.1, 0.15) is 5.56 Å². The standard InChI is InChI=1S/C10H11FN4/c1-12-10-7-15(14-13-10)6-8-4-2-3-5-9(8)11/h2-5,7,12H,6H2,1H3. The maximum absolute atomic E-state index is 13.3. The molecule has 1 aromatic carbocycles. The summed E-state index contributed by atoms with van der Waals surface area (Å²) in [5.74, 6) is 0.449. The number of benzene rings is 1. The van der Waals surface area contributed by atoms with Gasteiger partial charge >= 0.3 is 0 Å². The van der Waals surface area contributed by atoms with Gasteiger partial charge in [0.15, 0.2) is 5.82 Å². The minimum atomic E-state index is -0.223. The van der Waals surface area contributed by atoms with E-state index in [1.54, 1.807) is 36.1 Å². The van der Waals surface area contributed by atoms with Gasteiger partial charge in [-0.3, -0.25) is 0 Å². The van der Waals surface area contributed by atoms with Crippen molar-refractivity contribution in [1.29, 1.82) is 0 Å². The van der Waals surface area contributed by atoms with Crippen LogP contribution in [0.5, 0.6) is 0 Å². The van der Waals surface area contributed by atoms with Crippen LogP contribution in [0.3, 0.4) is 0 Å². The minimum absolute atomic E-state index is 0.223. The third kappa shape index (κ3) is 2.12. The summed E-state index contributed by atoms with van der Waals surface area (Å²) in [5.41, 5.74) is 0.602. The summed E-state index contributed by atoms with van der Waals surface area (Å²) in [6.07, 6.45) is 1.73. The lowest BCUT2D eigenvalue weighted by Crippen LogP contribution is -2.02. The number of hydrogen-bond donors (Lipinski definition) is 1. The molecule has 2 aromatic rings. The van der Waals surface area contributed by atoms with Crippen LogP contribution in [0, 0.1) is 5.82 Å². The predicted molar refractivity (Wildman–Crippen MR) is 55.1 cm³/mol. The smallest absolute Gasteiger partial charge is 0.168 e. The van der Waals surface area contributed by atoms with Crippen LogP contribution < -0.4 is 5.32 Å². The third-order valence-corrected chi connectivity index (χ3v) is 2.08. The van der Waals surface area contributed by atoms with Crippen LogP contribution in [0.2, 0.25) is 0 Å². The summed E-state index contributed by atoms with van der Waals surface area (Å²) in [6.45, 7) is 0.390. The summed E-state index contributed by atoms with van der Waals surface area (Å²) in [4.78, 5) is 0. The summed E-state index contributed by atoms with van der Waals surface area (Å²) >= 11 is 0. The molecule has 0 atom stereocenters. The van der Waals surface area contributed by atoms with Crippen molar-refractivity contribution >= 4 is 5.82 Å². The lowest BCUT2D eigenvalue weighted by Gasteiger charge is -2.01. The third-order valence-electron chi connectivity index (χ3n) is 2.08. The van der Waals surface area contributed by atoms with E-state index in [2.05, 4.69) is 15.6 Å². The van der Waals surface area contributed by atoms with Gasteiger partial charge in [0.1, 0.15) is 5.82 Å². The first-order valence-electron chi connectivity index (χ1n) is 4.61. The van der Waals surface area contributed by atoms with E-state index in [1.807, 2.05) is 0 Å². The average Bonchev–Trinajstić information content (AvgIpc) is 2.69.